The van der Waals surface area contributed by atoms with E-state index in [0.29, 0.717) is 22.8 Å². The van der Waals surface area contributed by atoms with Gasteiger partial charge >= 0.3 is 0 Å². The average Bonchev–Trinajstić information content (AvgIpc) is 3.09. The Morgan fingerprint density at radius 1 is 1.09 bits per heavy atom. The predicted octanol–water partition coefficient (Wildman–Crippen LogP) is 5.44. The van der Waals surface area contributed by atoms with Gasteiger partial charge in [0.25, 0.3) is 5.91 Å². The van der Waals surface area contributed by atoms with E-state index in [2.05, 4.69) is 0 Å². The first-order valence-electron chi connectivity index (χ1n) is 10.6. The molecule has 1 atom stereocenters. The summed E-state index contributed by atoms with van der Waals surface area (Å²) < 4.78 is 24.9. The van der Waals surface area contributed by atoms with Crippen LogP contribution in [0.2, 0.25) is 5.02 Å². The van der Waals surface area contributed by atoms with Crippen molar-refractivity contribution in [1.29, 1.82) is 0 Å². The van der Waals surface area contributed by atoms with Gasteiger partial charge in [0.2, 0.25) is 5.76 Å². The molecule has 0 unspecified atom stereocenters. The number of phenolic OH excluding ortho intramolecular Hbond substituents is 1. The fourth-order valence-corrected chi connectivity index (χ4v) is 4.43. The molecule has 1 N–H and O–H groups in total. The molecule has 2 heterocycles. The van der Waals surface area contributed by atoms with E-state index in [1.165, 1.54) is 29.2 Å². The molecule has 0 bridgehead atoms. The van der Waals surface area contributed by atoms with Gasteiger partial charge in [-0.2, -0.15) is 0 Å². The van der Waals surface area contributed by atoms with Gasteiger partial charge in [0.1, 0.15) is 11.4 Å². The van der Waals surface area contributed by atoms with Crippen LogP contribution in [-0.4, -0.2) is 22.5 Å². The Morgan fingerprint density at radius 3 is 2.59 bits per heavy atom. The number of ether oxygens (including phenoxy) is 1. The number of fused-ring (bicyclic) bond motifs is 2. The van der Waals surface area contributed by atoms with E-state index in [0.717, 1.165) is 0 Å². The molecule has 0 saturated heterocycles. The highest BCUT2D eigenvalue weighted by Crippen LogP contribution is 2.41. The molecule has 34 heavy (non-hydrogen) atoms. The Bertz CT molecular complexity index is 1480. The second-order valence-corrected chi connectivity index (χ2v) is 8.37. The van der Waals surface area contributed by atoms with Crippen LogP contribution in [0.25, 0.3) is 11.0 Å². The number of carbonyl (C=O) groups excluding carboxylic acids is 1. The van der Waals surface area contributed by atoms with Gasteiger partial charge < -0.3 is 19.2 Å². The quantitative estimate of drug-likeness (QED) is 0.412. The molecular formula is C26H19ClFNO5. The maximum Gasteiger partial charge on any atom is 0.291 e. The Balaban J connectivity index is 1.72. The Kier molecular flexibility index (Phi) is 5.49. The molecule has 8 heteroatoms. The number of hydrogen-bond donors (Lipinski definition) is 1. The van der Waals surface area contributed by atoms with Gasteiger partial charge in [-0.1, -0.05) is 29.8 Å². The summed E-state index contributed by atoms with van der Waals surface area (Å²) in [6.07, 6.45) is 0. The van der Waals surface area contributed by atoms with Crippen molar-refractivity contribution in [2.75, 3.05) is 6.61 Å². The van der Waals surface area contributed by atoms with Crippen molar-refractivity contribution in [3.05, 3.63) is 104 Å². The third-order valence-corrected chi connectivity index (χ3v) is 6.03. The highest BCUT2D eigenvalue weighted by atomic mass is 35.5. The van der Waals surface area contributed by atoms with Crippen molar-refractivity contribution in [2.24, 2.45) is 0 Å². The second kappa shape index (κ2) is 8.50. The van der Waals surface area contributed by atoms with Crippen LogP contribution >= 0.6 is 11.6 Å². The number of hydrogen-bond acceptors (Lipinski definition) is 5. The molecule has 3 aromatic carbocycles. The van der Waals surface area contributed by atoms with Crippen LogP contribution in [0, 0.1) is 5.82 Å². The molecule has 5 rings (SSSR count). The first-order chi connectivity index (χ1) is 16.4. The fourth-order valence-electron chi connectivity index (χ4n) is 4.26. The normalized spacial score (nSPS) is 15.1. The summed E-state index contributed by atoms with van der Waals surface area (Å²) in [5.41, 5.74) is 1.30. The first kappa shape index (κ1) is 22.0. The predicted molar refractivity (Wildman–Crippen MR) is 125 cm³/mol. The topological polar surface area (TPSA) is 80.0 Å². The summed E-state index contributed by atoms with van der Waals surface area (Å²) >= 11 is 6.11. The lowest BCUT2D eigenvalue weighted by Crippen LogP contribution is -2.29. The lowest BCUT2D eigenvalue weighted by atomic mass is 9.97. The van der Waals surface area contributed by atoms with Crippen LogP contribution in [0.1, 0.15) is 40.2 Å². The number of phenols is 1. The van der Waals surface area contributed by atoms with Crippen molar-refractivity contribution in [3.63, 3.8) is 0 Å². The van der Waals surface area contributed by atoms with Crippen LogP contribution in [-0.2, 0) is 6.54 Å². The van der Waals surface area contributed by atoms with E-state index in [9.17, 15) is 19.1 Å². The molecular weight excluding hydrogens is 461 g/mol. The van der Waals surface area contributed by atoms with E-state index >= 15 is 0 Å². The van der Waals surface area contributed by atoms with Gasteiger partial charge in [-0.05, 0) is 60.5 Å². The summed E-state index contributed by atoms with van der Waals surface area (Å²) in [4.78, 5) is 28.6. The standard InChI is InChI=1S/C26H19ClFNO5/c1-2-33-21-11-15(5-9-19(21)30)23-22-24(31)18-12-16(27)6-10-20(18)34-25(22)26(32)29(23)13-14-3-7-17(28)8-4-14/h3-12,23,30H,2,13H2,1H3/t23-/m0/s1. The molecule has 1 aliphatic rings. The smallest absolute Gasteiger partial charge is 0.291 e. The van der Waals surface area contributed by atoms with Crippen LogP contribution in [0.5, 0.6) is 11.5 Å². The minimum atomic E-state index is -0.813. The van der Waals surface area contributed by atoms with Crippen molar-refractivity contribution >= 4 is 28.5 Å². The lowest BCUT2D eigenvalue weighted by Gasteiger charge is -2.25. The Labute approximate surface area is 198 Å². The van der Waals surface area contributed by atoms with E-state index in [1.807, 2.05) is 0 Å². The monoisotopic (exact) mass is 479 g/mol. The largest absolute Gasteiger partial charge is 0.504 e. The molecule has 1 aromatic heterocycles. The van der Waals surface area contributed by atoms with Crippen molar-refractivity contribution in [1.82, 2.24) is 4.90 Å². The van der Waals surface area contributed by atoms with Crippen LogP contribution in [0.4, 0.5) is 4.39 Å². The summed E-state index contributed by atoms with van der Waals surface area (Å²) in [6.45, 7) is 2.21. The summed E-state index contributed by atoms with van der Waals surface area (Å²) in [5, 5.41) is 10.8. The minimum absolute atomic E-state index is 0.0574. The summed E-state index contributed by atoms with van der Waals surface area (Å²) in [6, 6.07) is 14.3. The van der Waals surface area contributed by atoms with Crippen molar-refractivity contribution in [2.45, 2.75) is 19.5 Å². The summed E-state index contributed by atoms with van der Waals surface area (Å²) in [5.74, 6) is -0.744. The van der Waals surface area contributed by atoms with Crippen molar-refractivity contribution < 1.29 is 23.4 Å². The molecule has 4 aromatic rings. The first-order valence-corrected chi connectivity index (χ1v) is 11.0. The molecule has 1 aliphatic heterocycles. The number of carbonyl (C=O) groups is 1. The third kappa shape index (κ3) is 3.68. The number of amides is 1. The van der Waals surface area contributed by atoms with E-state index in [1.54, 1.807) is 43.3 Å². The third-order valence-electron chi connectivity index (χ3n) is 5.79. The SMILES string of the molecule is CCOc1cc([C@H]2c3c(oc4ccc(Cl)cc4c3=O)C(=O)N2Cc2ccc(F)cc2)ccc1O. The maximum absolute atomic E-state index is 13.6. The van der Waals surface area contributed by atoms with Gasteiger partial charge in [-0.3, -0.25) is 9.59 Å². The highest BCUT2D eigenvalue weighted by Gasteiger charge is 2.43. The average molecular weight is 480 g/mol. The van der Waals surface area contributed by atoms with Crippen molar-refractivity contribution in [3.8, 4) is 11.5 Å². The fraction of sp³-hybridized carbons (Fsp3) is 0.154. The molecule has 0 aliphatic carbocycles. The van der Waals surface area contributed by atoms with E-state index in [-0.39, 0.29) is 45.8 Å². The van der Waals surface area contributed by atoms with Gasteiger partial charge in [-0.15, -0.1) is 0 Å². The molecule has 6 nitrogen and oxygen atoms in total. The molecule has 0 spiro atoms. The number of rotatable bonds is 5. The van der Waals surface area contributed by atoms with Gasteiger partial charge in [0.15, 0.2) is 16.9 Å². The van der Waals surface area contributed by atoms with Gasteiger partial charge in [-0.25, -0.2) is 4.39 Å². The van der Waals surface area contributed by atoms with Crippen LogP contribution in [0.15, 0.2) is 69.9 Å². The molecule has 0 saturated carbocycles. The maximum atomic E-state index is 13.6. The lowest BCUT2D eigenvalue weighted by molar-refractivity contribution is 0.0714. The number of nitrogens with zero attached hydrogens (tertiary/aromatic N) is 1. The zero-order valence-corrected chi connectivity index (χ0v) is 18.8. The zero-order chi connectivity index (χ0) is 24.0. The van der Waals surface area contributed by atoms with E-state index < -0.39 is 17.8 Å². The van der Waals surface area contributed by atoms with Gasteiger partial charge in [0, 0.05) is 11.6 Å². The second-order valence-electron chi connectivity index (χ2n) is 7.94. The highest BCUT2D eigenvalue weighted by molar-refractivity contribution is 6.31. The number of aromatic hydroxyl groups is 1. The van der Waals surface area contributed by atoms with E-state index in [4.69, 9.17) is 20.8 Å². The van der Waals surface area contributed by atoms with Gasteiger partial charge in [0.05, 0.1) is 23.6 Å². The molecule has 172 valence electrons. The zero-order valence-electron chi connectivity index (χ0n) is 18.0. The molecule has 1 amide bonds. The van der Waals surface area contributed by atoms with Crippen LogP contribution < -0.4 is 10.2 Å². The minimum Gasteiger partial charge on any atom is -0.504 e. The number of benzene rings is 3. The molecule has 0 fully saturated rings. The Hall–Kier alpha value is -3.84. The Morgan fingerprint density at radius 2 is 1.85 bits per heavy atom. The molecule has 0 radical (unpaired) electrons. The number of halogens is 2. The van der Waals surface area contributed by atoms with Crippen LogP contribution in [0.3, 0.4) is 0 Å². The summed E-state index contributed by atoms with van der Waals surface area (Å²) in [7, 11) is 0.